The van der Waals surface area contributed by atoms with Gasteiger partial charge >= 0.3 is 0 Å². The fourth-order valence-electron chi connectivity index (χ4n) is 5.25. The van der Waals surface area contributed by atoms with E-state index < -0.39 is 12.2 Å². The van der Waals surface area contributed by atoms with Crippen molar-refractivity contribution >= 4 is 11.8 Å². The number of morpholine rings is 1. The minimum absolute atomic E-state index is 0.0631. The molecule has 8 heteroatoms. The Bertz CT molecular complexity index is 1080. The van der Waals surface area contributed by atoms with E-state index in [1.165, 1.54) is 6.07 Å². The molecule has 4 atom stereocenters. The summed E-state index contributed by atoms with van der Waals surface area (Å²) in [6.07, 6.45) is 1.03. The van der Waals surface area contributed by atoms with Crippen molar-refractivity contribution in [3.05, 3.63) is 59.4 Å². The molecule has 2 aromatic rings. The Labute approximate surface area is 212 Å². The lowest BCUT2D eigenvalue weighted by atomic mass is 9.91. The fraction of sp³-hybridized carbons (Fsp3) is 0.500. The minimum atomic E-state index is -0.750. The maximum atomic E-state index is 15.3. The van der Waals surface area contributed by atoms with Gasteiger partial charge in [0.15, 0.2) is 0 Å². The van der Waals surface area contributed by atoms with Crippen LogP contribution in [0.25, 0.3) is 11.1 Å². The van der Waals surface area contributed by atoms with Crippen LogP contribution in [0, 0.1) is 18.7 Å². The monoisotopic (exact) mass is 497 g/mol. The summed E-state index contributed by atoms with van der Waals surface area (Å²) >= 11 is 0. The van der Waals surface area contributed by atoms with E-state index >= 15 is 4.39 Å². The van der Waals surface area contributed by atoms with Gasteiger partial charge in [-0.2, -0.15) is 0 Å². The van der Waals surface area contributed by atoms with Crippen molar-refractivity contribution in [3.8, 4) is 11.1 Å². The molecule has 1 saturated carbocycles. The Morgan fingerprint density at radius 1 is 1.25 bits per heavy atom. The van der Waals surface area contributed by atoms with E-state index in [0.717, 1.165) is 24.0 Å². The molecule has 0 radical (unpaired) electrons. The summed E-state index contributed by atoms with van der Waals surface area (Å²) in [6.45, 7) is 5.19. The molecule has 2 fully saturated rings. The SMILES string of the molecule is CCNC(=O)CO[C@H](c1cccc(F)c1-c1cccc(C)c1)[C@H]1CN(C(=O)[C@@H]2CC[C@H](N)C2)CCO1. The lowest BCUT2D eigenvalue weighted by Gasteiger charge is -2.38. The van der Waals surface area contributed by atoms with Crippen molar-refractivity contribution in [1.29, 1.82) is 0 Å². The van der Waals surface area contributed by atoms with Gasteiger partial charge in [0.2, 0.25) is 11.8 Å². The quantitative estimate of drug-likeness (QED) is 0.584. The number of halogens is 1. The highest BCUT2D eigenvalue weighted by molar-refractivity contribution is 5.79. The van der Waals surface area contributed by atoms with Crippen LogP contribution in [0.5, 0.6) is 0 Å². The first kappa shape index (κ1) is 26.3. The summed E-state index contributed by atoms with van der Waals surface area (Å²) < 4.78 is 27.6. The molecule has 0 bridgehead atoms. The largest absolute Gasteiger partial charge is 0.371 e. The maximum absolute atomic E-state index is 15.3. The summed E-state index contributed by atoms with van der Waals surface area (Å²) in [5.41, 5.74) is 8.77. The van der Waals surface area contributed by atoms with E-state index in [1.54, 1.807) is 6.07 Å². The molecule has 0 unspecified atom stereocenters. The molecule has 2 amide bonds. The molecule has 1 heterocycles. The van der Waals surface area contributed by atoms with Crippen LogP contribution in [0.3, 0.4) is 0 Å². The number of amides is 2. The van der Waals surface area contributed by atoms with E-state index in [1.807, 2.05) is 49.1 Å². The highest BCUT2D eigenvalue weighted by Gasteiger charge is 2.37. The number of nitrogens with two attached hydrogens (primary N) is 1. The highest BCUT2D eigenvalue weighted by atomic mass is 19.1. The summed E-state index contributed by atoms with van der Waals surface area (Å²) in [4.78, 5) is 27.3. The fourth-order valence-corrected chi connectivity index (χ4v) is 5.25. The second-order valence-electron chi connectivity index (χ2n) is 9.72. The first-order chi connectivity index (χ1) is 17.4. The second kappa shape index (κ2) is 12.0. The van der Waals surface area contributed by atoms with Crippen molar-refractivity contribution in [2.24, 2.45) is 11.7 Å². The zero-order chi connectivity index (χ0) is 25.7. The lowest BCUT2D eigenvalue weighted by Crippen LogP contribution is -2.50. The van der Waals surface area contributed by atoms with Gasteiger partial charge in [-0.1, -0.05) is 42.0 Å². The first-order valence-electron chi connectivity index (χ1n) is 12.8. The average Bonchev–Trinajstić information content (AvgIpc) is 3.30. The predicted molar refractivity (Wildman–Crippen MR) is 136 cm³/mol. The summed E-state index contributed by atoms with van der Waals surface area (Å²) in [7, 11) is 0. The molecule has 1 aliphatic heterocycles. The number of hydrogen-bond donors (Lipinski definition) is 2. The normalized spacial score (nSPS) is 22.9. The molecule has 4 rings (SSSR count). The number of rotatable bonds is 8. The van der Waals surface area contributed by atoms with Crippen molar-refractivity contribution in [2.75, 3.05) is 32.8 Å². The van der Waals surface area contributed by atoms with Gasteiger partial charge in [-0.15, -0.1) is 0 Å². The number of nitrogens with zero attached hydrogens (tertiary/aromatic N) is 1. The van der Waals surface area contributed by atoms with Gasteiger partial charge in [-0.05, 0) is 50.3 Å². The number of nitrogens with one attached hydrogen (secondary N) is 1. The second-order valence-corrected chi connectivity index (χ2v) is 9.72. The van der Waals surface area contributed by atoms with E-state index in [9.17, 15) is 9.59 Å². The lowest BCUT2D eigenvalue weighted by molar-refractivity contribution is -0.155. The standard InChI is InChI=1S/C28H36FN3O4/c1-3-31-25(33)17-36-27(22-8-5-9-23(29)26(22)19-7-4-6-18(2)14-19)24-16-32(12-13-35-24)28(34)20-10-11-21(30)15-20/h4-9,14,20-21,24,27H,3,10-13,15-17,30H2,1-2H3,(H,31,33)/t20-,21+,24-,27-/m1/s1. The average molecular weight is 498 g/mol. The zero-order valence-corrected chi connectivity index (χ0v) is 21.0. The van der Waals surface area contributed by atoms with Crippen LogP contribution in [0.4, 0.5) is 4.39 Å². The maximum Gasteiger partial charge on any atom is 0.246 e. The summed E-state index contributed by atoms with van der Waals surface area (Å²) in [5, 5.41) is 2.73. The highest BCUT2D eigenvalue weighted by Crippen LogP contribution is 2.37. The van der Waals surface area contributed by atoms with Crippen molar-refractivity contribution in [1.82, 2.24) is 10.2 Å². The van der Waals surface area contributed by atoms with Gasteiger partial charge in [0.05, 0.1) is 6.61 Å². The number of ether oxygens (including phenoxy) is 2. The van der Waals surface area contributed by atoms with E-state index in [2.05, 4.69) is 5.32 Å². The van der Waals surface area contributed by atoms with Crippen molar-refractivity contribution in [2.45, 2.75) is 51.4 Å². The Balaban J connectivity index is 1.65. The zero-order valence-electron chi connectivity index (χ0n) is 21.0. The molecule has 3 N–H and O–H groups in total. The van der Waals surface area contributed by atoms with Crippen molar-refractivity contribution < 1.29 is 23.5 Å². The smallest absolute Gasteiger partial charge is 0.246 e. The first-order valence-corrected chi connectivity index (χ1v) is 12.8. The summed E-state index contributed by atoms with van der Waals surface area (Å²) in [5.74, 6) is -0.643. The third-order valence-electron chi connectivity index (χ3n) is 6.99. The van der Waals surface area contributed by atoms with Crippen LogP contribution in [0.2, 0.25) is 0 Å². The van der Waals surface area contributed by atoms with Gasteiger partial charge in [-0.25, -0.2) is 4.39 Å². The molecule has 1 saturated heterocycles. The Kier molecular flexibility index (Phi) is 8.72. The minimum Gasteiger partial charge on any atom is -0.371 e. The predicted octanol–water partition coefficient (Wildman–Crippen LogP) is 3.35. The molecule has 7 nitrogen and oxygen atoms in total. The van der Waals surface area contributed by atoms with Gasteiger partial charge in [0.1, 0.15) is 24.6 Å². The molecular formula is C28H36FN3O4. The number of hydrogen-bond acceptors (Lipinski definition) is 5. The number of carbonyl (C=O) groups is 2. The summed E-state index contributed by atoms with van der Waals surface area (Å²) in [6, 6.07) is 12.5. The molecule has 2 aliphatic rings. The molecule has 194 valence electrons. The van der Waals surface area contributed by atoms with Crippen LogP contribution < -0.4 is 11.1 Å². The number of carbonyl (C=O) groups excluding carboxylic acids is 2. The van der Waals surface area contributed by atoms with Gasteiger partial charge in [-0.3, -0.25) is 9.59 Å². The molecule has 0 aromatic heterocycles. The molecule has 2 aromatic carbocycles. The third kappa shape index (κ3) is 6.11. The van der Waals surface area contributed by atoms with Crippen LogP contribution in [0.1, 0.15) is 43.4 Å². The Morgan fingerprint density at radius 2 is 2.06 bits per heavy atom. The Morgan fingerprint density at radius 3 is 2.78 bits per heavy atom. The van der Waals surface area contributed by atoms with Gasteiger partial charge in [0.25, 0.3) is 0 Å². The van der Waals surface area contributed by atoms with Crippen LogP contribution in [-0.2, 0) is 19.1 Å². The topological polar surface area (TPSA) is 93.9 Å². The van der Waals surface area contributed by atoms with Crippen LogP contribution in [0.15, 0.2) is 42.5 Å². The molecule has 36 heavy (non-hydrogen) atoms. The van der Waals surface area contributed by atoms with Crippen LogP contribution >= 0.6 is 0 Å². The van der Waals surface area contributed by atoms with Crippen molar-refractivity contribution in [3.63, 3.8) is 0 Å². The van der Waals surface area contributed by atoms with Crippen LogP contribution in [-0.4, -0.2) is 61.7 Å². The molecular weight excluding hydrogens is 461 g/mol. The number of aryl methyl sites for hydroxylation is 1. The third-order valence-corrected chi connectivity index (χ3v) is 6.99. The van der Waals surface area contributed by atoms with E-state index in [-0.39, 0.29) is 36.2 Å². The molecule has 1 aliphatic carbocycles. The molecule has 0 spiro atoms. The van der Waals surface area contributed by atoms with E-state index in [4.69, 9.17) is 15.2 Å². The Hall–Kier alpha value is -2.81. The van der Waals surface area contributed by atoms with E-state index in [0.29, 0.717) is 43.8 Å². The number of benzene rings is 2. The number of likely N-dealkylation sites (N-methyl/N-ethyl adjacent to an activating group) is 1. The van der Waals surface area contributed by atoms with Gasteiger partial charge in [0, 0.05) is 37.2 Å². The van der Waals surface area contributed by atoms with Gasteiger partial charge < -0.3 is 25.4 Å².